The van der Waals surface area contributed by atoms with Crippen molar-refractivity contribution in [3.8, 4) is 0 Å². The summed E-state index contributed by atoms with van der Waals surface area (Å²) in [5.41, 5.74) is 1.91. The van der Waals surface area contributed by atoms with Crippen LogP contribution < -0.4 is 0 Å². The van der Waals surface area contributed by atoms with Gasteiger partial charge in [-0.05, 0) is 37.8 Å². The van der Waals surface area contributed by atoms with Crippen molar-refractivity contribution in [1.82, 2.24) is 0 Å². The first-order valence-electron chi connectivity index (χ1n) is 6.51. The molecule has 0 unspecified atom stereocenters. The average Bonchev–Trinajstić information content (AvgIpc) is 2.60. The van der Waals surface area contributed by atoms with E-state index >= 15 is 0 Å². The molecule has 1 heterocycles. The maximum Gasteiger partial charge on any atom is 0.334 e. The highest BCUT2D eigenvalue weighted by Gasteiger charge is 2.42. The van der Waals surface area contributed by atoms with Crippen molar-refractivity contribution >= 4 is 5.97 Å². The lowest BCUT2D eigenvalue weighted by Gasteiger charge is -2.25. The zero-order chi connectivity index (χ0) is 14.2. The van der Waals surface area contributed by atoms with Gasteiger partial charge in [-0.25, -0.2) is 4.79 Å². The van der Waals surface area contributed by atoms with Crippen LogP contribution in [0.15, 0.2) is 36.0 Å². The van der Waals surface area contributed by atoms with Crippen molar-refractivity contribution < 1.29 is 19.7 Å². The van der Waals surface area contributed by atoms with Gasteiger partial charge in [0.15, 0.2) is 0 Å². The third kappa shape index (κ3) is 2.80. The van der Waals surface area contributed by atoms with Crippen molar-refractivity contribution in [2.45, 2.75) is 44.5 Å². The van der Waals surface area contributed by atoms with E-state index in [0.29, 0.717) is 24.8 Å². The van der Waals surface area contributed by atoms with Gasteiger partial charge in [-0.15, -0.1) is 0 Å². The second-order valence-electron chi connectivity index (χ2n) is 5.41. The van der Waals surface area contributed by atoms with Gasteiger partial charge in [0.1, 0.15) is 6.10 Å². The number of hydrogen-bond acceptors (Lipinski definition) is 4. The number of fused-ring (bicyclic) bond motifs is 1. The fraction of sp³-hybridized carbons (Fsp3) is 0.533. The molecule has 1 fully saturated rings. The van der Waals surface area contributed by atoms with Crippen LogP contribution in [0.2, 0.25) is 0 Å². The Morgan fingerprint density at radius 2 is 2.05 bits per heavy atom. The molecule has 2 rings (SSSR count). The van der Waals surface area contributed by atoms with Crippen LogP contribution >= 0.6 is 0 Å². The Bertz CT molecular complexity index is 449. The number of aliphatic hydroxyl groups excluding tert-OH is 2. The molecule has 1 aliphatic carbocycles. The second-order valence-corrected chi connectivity index (χ2v) is 5.41. The van der Waals surface area contributed by atoms with Gasteiger partial charge in [0.25, 0.3) is 0 Å². The standard InChI is InChI=1S/C15H20O4/c1-8-4-5-11(16)9(2)7-13-14(12(17)6-8)10(3)15(18)19-13/h7,11-14,16-17H,1,3-6H2,2H3/b9-7+/t11-,12-,13-,14-/m1/s1. The molecule has 0 aromatic heterocycles. The Hall–Kier alpha value is -1.39. The minimum atomic E-state index is -0.726. The Morgan fingerprint density at radius 1 is 1.37 bits per heavy atom. The van der Waals surface area contributed by atoms with Crippen LogP contribution in [0.3, 0.4) is 0 Å². The van der Waals surface area contributed by atoms with Gasteiger partial charge in [0.2, 0.25) is 0 Å². The van der Waals surface area contributed by atoms with Crippen LogP contribution in [-0.2, 0) is 9.53 Å². The molecule has 2 N–H and O–H groups in total. The highest BCUT2D eigenvalue weighted by atomic mass is 16.6. The number of ether oxygens (including phenoxy) is 1. The van der Waals surface area contributed by atoms with E-state index in [1.807, 2.05) is 0 Å². The van der Waals surface area contributed by atoms with Crippen LogP contribution in [0, 0.1) is 5.92 Å². The number of carbonyl (C=O) groups is 1. The van der Waals surface area contributed by atoms with E-state index in [-0.39, 0.29) is 0 Å². The van der Waals surface area contributed by atoms with E-state index in [1.165, 1.54) is 0 Å². The quantitative estimate of drug-likeness (QED) is 0.395. The Kier molecular flexibility index (Phi) is 3.92. The van der Waals surface area contributed by atoms with Crippen molar-refractivity contribution in [3.05, 3.63) is 36.0 Å². The van der Waals surface area contributed by atoms with Crippen LogP contribution in [0.1, 0.15) is 26.2 Å². The van der Waals surface area contributed by atoms with Gasteiger partial charge in [-0.3, -0.25) is 0 Å². The van der Waals surface area contributed by atoms with E-state index < -0.39 is 30.2 Å². The van der Waals surface area contributed by atoms with E-state index in [4.69, 9.17) is 4.74 Å². The fourth-order valence-corrected chi connectivity index (χ4v) is 2.66. The molecule has 0 amide bonds. The molecule has 19 heavy (non-hydrogen) atoms. The van der Waals surface area contributed by atoms with Gasteiger partial charge in [-0.1, -0.05) is 18.7 Å². The molecule has 0 spiro atoms. The van der Waals surface area contributed by atoms with Gasteiger partial charge in [0.05, 0.1) is 18.1 Å². The summed E-state index contributed by atoms with van der Waals surface area (Å²) in [5.74, 6) is -0.929. The monoisotopic (exact) mass is 264 g/mol. The molecule has 0 bridgehead atoms. The second kappa shape index (κ2) is 5.31. The van der Waals surface area contributed by atoms with E-state index in [9.17, 15) is 15.0 Å². The highest BCUT2D eigenvalue weighted by Crippen LogP contribution is 2.35. The summed E-state index contributed by atoms with van der Waals surface area (Å²) in [6.07, 6.45) is 1.51. The minimum Gasteiger partial charge on any atom is -0.454 e. The molecule has 1 aliphatic heterocycles. The van der Waals surface area contributed by atoms with Crippen LogP contribution in [0.5, 0.6) is 0 Å². The fourth-order valence-electron chi connectivity index (χ4n) is 2.66. The topological polar surface area (TPSA) is 66.8 Å². The summed E-state index contributed by atoms with van der Waals surface area (Å²) in [6.45, 7) is 9.42. The molecular weight excluding hydrogens is 244 g/mol. The molecular formula is C15H20O4. The maximum absolute atomic E-state index is 11.6. The number of esters is 1. The lowest BCUT2D eigenvalue weighted by atomic mass is 9.84. The molecule has 1 saturated heterocycles. The molecule has 0 saturated carbocycles. The largest absolute Gasteiger partial charge is 0.454 e. The summed E-state index contributed by atoms with van der Waals surface area (Å²) in [6, 6.07) is 0. The lowest BCUT2D eigenvalue weighted by molar-refractivity contribution is -0.137. The van der Waals surface area contributed by atoms with Gasteiger partial charge in [0, 0.05) is 5.57 Å². The summed E-state index contributed by atoms with van der Waals surface area (Å²) in [4.78, 5) is 11.6. The van der Waals surface area contributed by atoms with Gasteiger partial charge < -0.3 is 14.9 Å². The first-order chi connectivity index (χ1) is 8.90. The Balaban J connectivity index is 2.35. The SMILES string of the molecule is C=C1CC[C@@H](O)/C(C)=C/[C@H]2OC(=O)C(=C)[C@@H]2[C@H](O)C1. The van der Waals surface area contributed by atoms with Crippen molar-refractivity contribution in [1.29, 1.82) is 0 Å². The molecule has 4 heteroatoms. The van der Waals surface area contributed by atoms with Crippen molar-refractivity contribution in [3.63, 3.8) is 0 Å². The van der Waals surface area contributed by atoms with Crippen LogP contribution in [-0.4, -0.2) is 34.5 Å². The summed E-state index contributed by atoms with van der Waals surface area (Å²) >= 11 is 0. The zero-order valence-electron chi connectivity index (χ0n) is 11.1. The van der Waals surface area contributed by atoms with Gasteiger partial charge >= 0.3 is 5.97 Å². The lowest BCUT2D eigenvalue weighted by Crippen LogP contribution is -2.30. The maximum atomic E-state index is 11.6. The zero-order valence-corrected chi connectivity index (χ0v) is 11.1. The summed E-state index contributed by atoms with van der Waals surface area (Å²) in [7, 11) is 0. The third-order valence-corrected chi connectivity index (χ3v) is 3.90. The van der Waals surface area contributed by atoms with Crippen molar-refractivity contribution in [2.75, 3.05) is 0 Å². The van der Waals surface area contributed by atoms with E-state index in [0.717, 1.165) is 11.1 Å². The smallest absolute Gasteiger partial charge is 0.334 e. The number of rotatable bonds is 0. The Morgan fingerprint density at radius 3 is 2.74 bits per heavy atom. The number of hydrogen-bond donors (Lipinski definition) is 2. The number of aliphatic hydroxyl groups is 2. The van der Waals surface area contributed by atoms with Gasteiger partial charge in [-0.2, -0.15) is 0 Å². The molecule has 104 valence electrons. The number of carbonyl (C=O) groups excluding carboxylic acids is 1. The van der Waals surface area contributed by atoms with Crippen molar-refractivity contribution in [2.24, 2.45) is 5.92 Å². The first kappa shape index (κ1) is 14.0. The van der Waals surface area contributed by atoms with E-state index in [1.54, 1.807) is 13.0 Å². The van der Waals surface area contributed by atoms with Crippen LogP contribution in [0.4, 0.5) is 0 Å². The average molecular weight is 264 g/mol. The predicted molar refractivity (Wildman–Crippen MR) is 71.3 cm³/mol. The third-order valence-electron chi connectivity index (χ3n) is 3.90. The molecule has 4 nitrogen and oxygen atoms in total. The summed E-state index contributed by atoms with van der Waals surface area (Å²) in [5, 5.41) is 20.3. The molecule has 4 atom stereocenters. The molecule has 0 aromatic rings. The summed E-state index contributed by atoms with van der Waals surface area (Å²) < 4.78 is 5.22. The van der Waals surface area contributed by atoms with Crippen LogP contribution in [0.25, 0.3) is 0 Å². The predicted octanol–water partition coefficient (Wildman–Crippen LogP) is 1.49. The highest BCUT2D eigenvalue weighted by molar-refractivity contribution is 5.91. The molecule has 0 radical (unpaired) electrons. The first-order valence-corrected chi connectivity index (χ1v) is 6.51. The Labute approximate surface area is 113 Å². The molecule has 0 aromatic carbocycles. The van der Waals surface area contributed by atoms with E-state index in [2.05, 4.69) is 13.2 Å². The molecule has 2 aliphatic rings. The minimum absolute atomic E-state index is 0.296. The normalized spacial score (nSPS) is 39.3.